The van der Waals surface area contributed by atoms with Gasteiger partial charge in [-0.2, -0.15) is 0 Å². The molecule has 7 nitrogen and oxygen atoms in total. The summed E-state index contributed by atoms with van der Waals surface area (Å²) >= 11 is 0. The second kappa shape index (κ2) is 7.52. The Morgan fingerprint density at radius 2 is 2.04 bits per heavy atom. The van der Waals surface area contributed by atoms with Crippen LogP contribution in [-0.2, 0) is 0 Å². The molecular formula is C21H26N6O. The Kier molecular flexibility index (Phi) is 4.92. The van der Waals surface area contributed by atoms with Gasteiger partial charge in [-0.05, 0) is 49.2 Å². The monoisotopic (exact) mass is 378 g/mol. The summed E-state index contributed by atoms with van der Waals surface area (Å²) in [7, 11) is 1.89. The molecule has 1 fully saturated rings. The quantitative estimate of drug-likeness (QED) is 0.545. The van der Waals surface area contributed by atoms with E-state index in [0.29, 0.717) is 17.2 Å². The van der Waals surface area contributed by atoms with Crippen LogP contribution in [-0.4, -0.2) is 35.0 Å². The third kappa shape index (κ3) is 3.53. The summed E-state index contributed by atoms with van der Waals surface area (Å²) in [4.78, 5) is 21.8. The summed E-state index contributed by atoms with van der Waals surface area (Å²) in [6.07, 6.45) is 6.27. The van der Waals surface area contributed by atoms with Crippen LogP contribution >= 0.6 is 0 Å². The number of H-pyrrole nitrogens is 1. The molecule has 1 saturated carbocycles. The Balaban J connectivity index is 1.67. The predicted molar refractivity (Wildman–Crippen MR) is 113 cm³/mol. The van der Waals surface area contributed by atoms with Crippen LogP contribution < -0.4 is 21.7 Å². The van der Waals surface area contributed by atoms with Crippen LogP contribution in [0.3, 0.4) is 0 Å². The van der Waals surface area contributed by atoms with Crippen molar-refractivity contribution in [3.63, 3.8) is 0 Å². The summed E-state index contributed by atoms with van der Waals surface area (Å²) in [6, 6.07) is 11.9. The van der Waals surface area contributed by atoms with Gasteiger partial charge in [0.05, 0.1) is 5.56 Å². The molecular weight excluding hydrogens is 352 g/mol. The topological polar surface area (TPSA) is 113 Å². The molecule has 0 aliphatic heterocycles. The molecule has 0 bridgehead atoms. The Morgan fingerprint density at radius 1 is 1.21 bits per heavy atom. The maximum absolute atomic E-state index is 12.0. The summed E-state index contributed by atoms with van der Waals surface area (Å²) < 4.78 is 0. The number of nitrogens with two attached hydrogens (primary N) is 2. The van der Waals surface area contributed by atoms with Crippen LogP contribution in [0.15, 0.2) is 42.6 Å². The van der Waals surface area contributed by atoms with Gasteiger partial charge in [0, 0.05) is 41.9 Å². The maximum Gasteiger partial charge on any atom is 0.252 e. The molecule has 3 aromatic rings. The summed E-state index contributed by atoms with van der Waals surface area (Å²) in [6.45, 7) is 0. The lowest BCUT2D eigenvalue weighted by Gasteiger charge is -2.30. The van der Waals surface area contributed by atoms with Gasteiger partial charge in [0.1, 0.15) is 11.6 Å². The fraction of sp³-hybridized carbons (Fsp3) is 0.333. The second-order valence-electron chi connectivity index (χ2n) is 7.44. The fourth-order valence-corrected chi connectivity index (χ4v) is 3.88. The zero-order valence-corrected chi connectivity index (χ0v) is 16.0. The van der Waals surface area contributed by atoms with Gasteiger partial charge in [0.15, 0.2) is 0 Å². The van der Waals surface area contributed by atoms with Gasteiger partial charge in [-0.15, -0.1) is 0 Å². The number of aromatic amines is 1. The van der Waals surface area contributed by atoms with Crippen LogP contribution in [0, 0.1) is 0 Å². The molecule has 0 saturated heterocycles. The highest BCUT2D eigenvalue weighted by Crippen LogP contribution is 2.30. The van der Waals surface area contributed by atoms with E-state index >= 15 is 0 Å². The largest absolute Gasteiger partial charge is 0.366 e. The van der Waals surface area contributed by atoms with E-state index in [2.05, 4.69) is 16.4 Å². The van der Waals surface area contributed by atoms with Crippen LogP contribution in [0.2, 0.25) is 0 Å². The smallest absolute Gasteiger partial charge is 0.252 e. The van der Waals surface area contributed by atoms with Crippen LogP contribution in [0.4, 0.5) is 17.3 Å². The van der Waals surface area contributed by atoms with Crippen LogP contribution in [0.25, 0.3) is 10.9 Å². The minimum Gasteiger partial charge on any atom is -0.366 e. The number of anilines is 3. The van der Waals surface area contributed by atoms with Crippen molar-refractivity contribution in [1.29, 1.82) is 0 Å². The first kappa shape index (κ1) is 18.3. The number of pyridine rings is 1. The number of nitrogens with one attached hydrogen (secondary N) is 2. The molecule has 2 aromatic heterocycles. The molecule has 28 heavy (non-hydrogen) atoms. The number of amides is 1. The number of fused-ring (bicyclic) bond motifs is 1. The average Bonchev–Trinajstić information content (AvgIpc) is 3.17. The number of carbonyl (C=O) groups is 1. The van der Waals surface area contributed by atoms with E-state index in [0.717, 1.165) is 35.9 Å². The minimum atomic E-state index is -0.502. The Labute approximate surface area is 164 Å². The van der Waals surface area contributed by atoms with Crippen molar-refractivity contribution >= 4 is 34.1 Å². The molecule has 2 atom stereocenters. The lowest BCUT2D eigenvalue weighted by Crippen LogP contribution is -2.42. The second-order valence-corrected chi connectivity index (χ2v) is 7.44. The summed E-state index contributed by atoms with van der Waals surface area (Å²) in [5.41, 5.74) is 14.2. The van der Waals surface area contributed by atoms with Crippen LogP contribution in [0.5, 0.6) is 0 Å². The molecule has 0 radical (unpaired) electrons. The molecule has 6 N–H and O–H groups in total. The number of carbonyl (C=O) groups excluding carboxylic acids is 1. The molecule has 0 unspecified atom stereocenters. The van der Waals surface area contributed by atoms with E-state index in [9.17, 15) is 4.79 Å². The highest BCUT2D eigenvalue weighted by atomic mass is 16.1. The Morgan fingerprint density at radius 3 is 2.82 bits per heavy atom. The summed E-state index contributed by atoms with van der Waals surface area (Å²) in [5.74, 6) is 0.728. The first-order valence-electron chi connectivity index (χ1n) is 9.67. The summed E-state index contributed by atoms with van der Waals surface area (Å²) in [5, 5.41) is 4.54. The van der Waals surface area contributed by atoms with Crippen molar-refractivity contribution in [2.45, 2.75) is 37.8 Å². The normalized spacial score (nSPS) is 19.5. The fourth-order valence-electron chi connectivity index (χ4n) is 3.88. The first-order valence-corrected chi connectivity index (χ1v) is 9.67. The van der Waals surface area contributed by atoms with Gasteiger partial charge in [0.25, 0.3) is 5.91 Å². The molecule has 7 heteroatoms. The highest BCUT2D eigenvalue weighted by Gasteiger charge is 2.23. The van der Waals surface area contributed by atoms with Gasteiger partial charge in [-0.25, -0.2) is 4.98 Å². The predicted octanol–water partition coefficient (Wildman–Crippen LogP) is 3.11. The van der Waals surface area contributed by atoms with E-state index < -0.39 is 5.91 Å². The molecule has 4 rings (SSSR count). The molecule has 1 aliphatic carbocycles. The number of benzene rings is 1. The third-order valence-electron chi connectivity index (χ3n) is 5.54. The molecule has 0 spiro atoms. The van der Waals surface area contributed by atoms with Crippen LogP contribution in [0.1, 0.15) is 36.0 Å². The SMILES string of the molecule is CN(c1ccc2[nH]ccc2c1)c1nc(N[C@@H]2CCCC[C@@H]2N)ccc1C(N)=O. The Bertz CT molecular complexity index is 997. The first-order chi connectivity index (χ1) is 13.5. The van der Waals surface area contributed by atoms with Crippen molar-refractivity contribution in [3.8, 4) is 0 Å². The van der Waals surface area contributed by atoms with E-state index in [1.165, 1.54) is 6.42 Å². The van der Waals surface area contributed by atoms with Crippen molar-refractivity contribution in [2.24, 2.45) is 11.5 Å². The third-order valence-corrected chi connectivity index (χ3v) is 5.54. The molecule has 2 heterocycles. The number of hydrogen-bond donors (Lipinski definition) is 4. The minimum absolute atomic E-state index is 0.114. The van der Waals surface area contributed by atoms with E-state index in [1.807, 2.05) is 36.3 Å². The zero-order valence-electron chi connectivity index (χ0n) is 16.0. The maximum atomic E-state index is 12.0. The van der Waals surface area contributed by atoms with Crippen molar-refractivity contribution in [1.82, 2.24) is 9.97 Å². The number of nitrogens with zero attached hydrogens (tertiary/aromatic N) is 2. The van der Waals surface area contributed by atoms with E-state index in [1.54, 1.807) is 12.1 Å². The molecule has 1 amide bonds. The van der Waals surface area contributed by atoms with Crippen molar-refractivity contribution in [2.75, 3.05) is 17.3 Å². The standard InChI is InChI=1S/C21H26N6O/c1-27(14-6-8-17-13(12-14)10-11-24-17)21-15(20(23)28)7-9-19(26-21)25-18-5-3-2-4-16(18)22/h6-12,16,18,24H,2-5,22H2,1H3,(H2,23,28)(H,25,26)/t16-,18+/m0/s1. The number of aromatic nitrogens is 2. The molecule has 146 valence electrons. The van der Waals surface area contributed by atoms with Crippen molar-refractivity contribution in [3.05, 3.63) is 48.2 Å². The number of rotatable bonds is 5. The van der Waals surface area contributed by atoms with E-state index in [-0.39, 0.29) is 12.1 Å². The zero-order chi connectivity index (χ0) is 19.7. The number of hydrogen-bond acceptors (Lipinski definition) is 5. The lowest BCUT2D eigenvalue weighted by atomic mass is 9.91. The Hall–Kier alpha value is -3.06. The van der Waals surface area contributed by atoms with Gasteiger partial charge in [-0.1, -0.05) is 12.8 Å². The highest BCUT2D eigenvalue weighted by molar-refractivity contribution is 5.99. The molecule has 1 aliphatic rings. The number of primary amides is 1. The van der Waals surface area contributed by atoms with E-state index in [4.69, 9.17) is 16.5 Å². The lowest BCUT2D eigenvalue weighted by molar-refractivity contribution is 0.100. The van der Waals surface area contributed by atoms with Gasteiger partial charge in [-0.3, -0.25) is 4.79 Å². The molecule has 1 aromatic carbocycles. The van der Waals surface area contributed by atoms with Gasteiger partial charge in [0.2, 0.25) is 0 Å². The van der Waals surface area contributed by atoms with Gasteiger partial charge < -0.3 is 26.7 Å². The van der Waals surface area contributed by atoms with Crippen molar-refractivity contribution < 1.29 is 4.79 Å². The average molecular weight is 378 g/mol. The van der Waals surface area contributed by atoms with Gasteiger partial charge >= 0.3 is 0 Å².